The molecule has 4 aromatic carbocycles. The maximum absolute atomic E-state index is 14.1. The standard InChI is InChI=1S/C31H24F3N3O/c1-36-29(24-13-7-8-14-25(24)31(32,33)34)27(17-20-9-3-2-4-10-20)37-28(38)19-26(35-30(36)37)23-16-15-21-11-5-6-12-22(21)18-23/h2-18,26,29H,19H2,1H3/b27-17-. The number of hydrogen-bond acceptors (Lipinski definition) is 3. The lowest BCUT2D eigenvalue weighted by atomic mass is 9.95. The van der Waals surface area contributed by atoms with Gasteiger partial charge in [0.2, 0.25) is 11.9 Å². The number of alkyl halides is 3. The molecular formula is C31H24F3N3O. The van der Waals surface area contributed by atoms with Gasteiger partial charge in [0.15, 0.2) is 0 Å². The minimum absolute atomic E-state index is 0.0804. The smallest absolute Gasteiger partial charge is 0.333 e. The van der Waals surface area contributed by atoms with E-state index in [-0.39, 0.29) is 17.9 Å². The molecule has 0 spiro atoms. The van der Waals surface area contributed by atoms with Crippen LogP contribution >= 0.6 is 0 Å². The van der Waals surface area contributed by atoms with E-state index < -0.39 is 23.8 Å². The monoisotopic (exact) mass is 511 g/mol. The van der Waals surface area contributed by atoms with E-state index in [2.05, 4.69) is 0 Å². The van der Waals surface area contributed by atoms with Gasteiger partial charge in [0.1, 0.15) is 0 Å². The van der Waals surface area contributed by atoms with Crippen molar-refractivity contribution in [3.8, 4) is 0 Å². The van der Waals surface area contributed by atoms with Crippen molar-refractivity contribution in [3.05, 3.63) is 125 Å². The molecule has 0 bridgehead atoms. The molecule has 0 aliphatic carbocycles. The normalized spacial score (nSPS) is 20.7. The predicted octanol–water partition coefficient (Wildman–Crippen LogP) is 7.22. The number of guanidine groups is 1. The lowest BCUT2D eigenvalue weighted by molar-refractivity contribution is -0.138. The molecule has 190 valence electrons. The number of hydrogen-bond donors (Lipinski definition) is 0. The van der Waals surface area contributed by atoms with Gasteiger partial charge in [-0.05, 0) is 45.7 Å². The number of amides is 1. The van der Waals surface area contributed by atoms with Crippen molar-refractivity contribution < 1.29 is 18.0 Å². The van der Waals surface area contributed by atoms with Crippen molar-refractivity contribution in [3.63, 3.8) is 0 Å². The van der Waals surface area contributed by atoms with Crippen LogP contribution in [-0.4, -0.2) is 28.7 Å². The number of nitrogens with zero attached hydrogens (tertiary/aromatic N) is 3. The van der Waals surface area contributed by atoms with Crippen LogP contribution in [0.15, 0.2) is 108 Å². The molecule has 2 unspecified atom stereocenters. The highest BCUT2D eigenvalue weighted by Gasteiger charge is 2.48. The molecule has 0 aromatic heterocycles. The summed E-state index contributed by atoms with van der Waals surface area (Å²) in [5.41, 5.74) is 1.49. The summed E-state index contributed by atoms with van der Waals surface area (Å²) in [6.07, 6.45) is -2.64. The summed E-state index contributed by atoms with van der Waals surface area (Å²) in [7, 11) is 1.70. The largest absolute Gasteiger partial charge is 0.416 e. The minimum atomic E-state index is -4.54. The van der Waals surface area contributed by atoms with Gasteiger partial charge in [-0.1, -0.05) is 84.9 Å². The number of rotatable bonds is 3. The Labute approximate surface area is 218 Å². The van der Waals surface area contributed by atoms with Gasteiger partial charge in [-0.3, -0.25) is 9.69 Å². The van der Waals surface area contributed by atoms with Crippen LogP contribution in [0, 0.1) is 0 Å². The topological polar surface area (TPSA) is 35.9 Å². The molecule has 2 aliphatic rings. The number of carbonyl (C=O) groups is 1. The molecule has 2 aliphatic heterocycles. The highest BCUT2D eigenvalue weighted by Crippen LogP contribution is 2.46. The maximum atomic E-state index is 14.1. The summed E-state index contributed by atoms with van der Waals surface area (Å²) in [5, 5.41) is 2.13. The molecule has 38 heavy (non-hydrogen) atoms. The highest BCUT2D eigenvalue weighted by atomic mass is 19.4. The Morgan fingerprint density at radius 2 is 1.55 bits per heavy atom. The van der Waals surface area contributed by atoms with Crippen LogP contribution in [0.2, 0.25) is 0 Å². The van der Waals surface area contributed by atoms with E-state index in [1.54, 1.807) is 24.1 Å². The number of aliphatic imine (C=N–C) groups is 1. The zero-order valence-electron chi connectivity index (χ0n) is 20.6. The van der Waals surface area contributed by atoms with E-state index in [0.717, 1.165) is 28.0 Å². The van der Waals surface area contributed by atoms with E-state index in [9.17, 15) is 18.0 Å². The van der Waals surface area contributed by atoms with E-state index >= 15 is 0 Å². The van der Waals surface area contributed by atoms with Gasteiger partial charge in [-0.15, -0.1) is 0 Å². The molecular weight excluding hydrogens is 487 g/mol. The maximum Gasteiger partial charge on any atom is 0.416 e. The summed E-state index contributed by atoms with van der Waals surface area (Å²) < 4.78 is 42.3. The average molecular weight is 512 g/mol. The predicted molar refractivity (Wildman–Crippen MR) is 142 cm³/mol. The molecule has 1 amide bonds. The number of benzene rings is 4. The molecule has 1 fully saturated rings. The van der Waals surface area contributed by atoms with Gasteiger partial charge in [0.05, 0.1) is 29.8 Å². The van der Waals surface area contributed by atoms with E-state index in [4.69, 9.17) is 4.99 Å². The van der Waals surface area contributed by atoms with Gasteiger partial charge in [-0.2, -0.15) is 13.2 Å². The Morgan fingerprint density at radius 3 is 2.32 bits per heavy atom. The van der Waals surface area contributed by atoms with Gasteiger partial charge in [-0.25, -0.2) is 4.99 Å². The first-order chi connectivity index (χ1) is 18.3. The van der Waals surface area contributed by atoms with Crippen LogP contribution in [-0.2, 0) is 11.0 Å². The van der Waals surface area contributed by atoms with Crippen molar-refractivity contribution in [1.82, 2.24) is 9.80 Å². The highest BCUT2D eigenvalue weighted by molar-refractivity contribution is 6.04. The summed E-state index contributed by atoms with van der Waals surface area (Å²) in [5.74, 6) is 0.151. The molecule has 6 rings (SSSR count). The zero-order valence-corrected chi connectivity index (χ0v) is 20.6. The molecule has 0 radical (unpaired) electrons. The van der Waals surface area contributed by atoms with Crippen LogP contribution in [0.5, 0.6) is 0 Å². The fraction of sp³-hybridized carbons (Fsp3) is 0.161. The number of halogens is 3. The fourth-order valence-electron chi connectivity index (χ4n) is 5.39. The van der Waals surface area contributed by atoms with Gasteiger partial charge in [0.25, 0.3) is 0 Å². The van der Waals surface area contributed by atoms with Crippen LogP contribution in [0.3, 0.4) is 0 Å². The molecule has 1 saturated heterocycles. The number of fused-ring (bicyclic) bond motifs is 2. The van der Waals surface area contributed by atoms with Crippen molar-refractivity contribution in [2.75, 3.05) is 7.05 Å². The second-order valence-corrected chi connectivity index (χ2v) is 9.56. The van der Waals surface area contributed by atoms with Crippen molar-refractivity contribution in [2.24, 2.45) is 4.99 Å². The quantitative estimate of drug-likeness (QED) is 0.291. The number of carbonyl (C=O) groups excluding carboxylic acids is 1. The molecule has 0 saturated carbocycles. The summed E-state index contributed by atoms with van der Waals surface area (Å²) >= 11 is 0. The van der Waals surface area contributed by atoms with Gasteiger partial charge in [0, 0.05) is 7.05 Å². The Hall–Kier alpha value is -4.39. The second-order valence-electron chi connectivity index (χ2n) is 9.56. The summed E-state index contributed by atoms with van der Waals surface area (Å²) in [6, 6.07) is 27.5. The third-order valence-corrected chi connectivity index (χ3v) is 7.16. The van der Waals surface area contributed by atoms with Crippen molar-refractivity contribution in [1.29, 1.82) is 0 Å². The molecule has 4 aromatic rings. The third-order valence-electron chi connectivity index (χ3n) is 7.16. The van der Waals surface area contributed by atoms with Crippen molar-refractivity contribution in [2.45, 2.75) is 24.7 Å². The van der Waals surface area contributed by atoms with E-state index in [1.807, 2.05) is 72.8 Å². The fourth-order valence-corrected chi connectivity index (χ4v) is 5.39. The Kier molecular flexibility index (Phi) is 5.79. The van der Waals surface area contributed by atoms with Gasteiger partial charge >= 0.3 is 6.18 Å². The van der Waals surface area contributed by atoms with E-state index in [1.165, 1.54) is 17.0 Å². The zero-order chi connectivity index (χ0) is 26.4. The van der Waals surface area contributed by atoms with Crippen LogP contribution in [0.4, 0.5) is 13.2 Å². The molecule has 2 heterocycles. The summed E-state index contributed by atoms with van der Waals surface area (Å²) in [4.78, 5) is 21.8. The van der Waals surface area contributed by atoms with E-state index in [0.29, 0.717) is 11.7 Å². The SMILES string of the molecule is CN1C2=NC(c3ccc4ccccc4c3)CC(=O)N2/C(=C\c2ccccc2)C1c1ccccc1C(F)(F)F. The Morgan fingerprint density at radius 1 is 0.868 bits per heavy atom. The minimum Gasteiger partial charge on any atom is -0.333 e. The first-order valence-electron chi connectivity index (χ1n) is 12.4. The lowest BCUT2D eigenvalue weighted by Crippen LogP contribution is -2.40. The lowest BCUT2D eigenvalue weighted by Gasteiger charge is -2.28. The molecule has 0 N–H and O–H groups in total. The number of likely N-dealkylation sites (N-methyl/N-ethyl adjacent to an activating group) is 1. The summed E-state index contributed by atoms with van der Waals surface area (Å²) in [6.45, 7) is 0. The van der Waals surface area contributed by atoms with Gasteiger partial charge < -0.3 is 4.90 Å². The van der Waals surface area contributed by atoms with Crippen molar-refractivity contribution >= 4 is 28.7 Å². The molecule has 2 atom stereocenters. The van der Waals surface area contributed by atoms with Crippen LogP contribution < -0.4 is 0 Å². The molecule has 4 nitrogen and oxygen atoms in total. The average Bonchev–Trinajstić information content (AvgIpc) is 3.19. The second kappa shape index (κ2) is 9.17. The Bertz CT molecular complexity index is 1590. The first kappa shape index (κ1) is 24.0. The first-order valence-corrected chi connectivity index (χ1v) is 12.4. The third kappa shape index (κ3) is 4.14. The Balaban J connectivity index is 1.50. The van der Waals surface area contributed by atoms with Crippen LogP contribution in [0.1, 0.15) is 40.8 Å². The van der Waals surface area contributed by atoms with Crippen LogP contribution in [0.25, 0.3) is 16.8 Å². The molecule has 7 heteroatoms.